The third kappa shape index (κ3) is 2.12. The van der Waals surface area contributed by atoms with Crippen LogP contribution in [-0.2, 0) is 0 Å². The van der Waals surface area contributed by atoms with Gasteiger partial charge in [0.2, 0.25) is 0 Å². The maximum absolute atomic E-state index is 6.15. The van der Waals surface area contributed by atoms with E-state index in [1.165, 1.54) is 5.56 Å². The van der Waals surface area contributed by atoms with Gasteiger partial charge in [0.05, 0.1) is 16.4 Å². The van der Waals surface area contributed by atoms with Gasteiger partial charge in [-0.1, -0.05) is 37.6 Å². The van der Waals surface area contributed by atoms with E-state index in [0.717, 1.165) is 16.4 Å². The molecule has 0 saturated heterocycles. The molecule has 0 bridgehead atoms. The molecule has 84 valence electrons. The molecule has 0 aliphatic heterocycles. The third-order valence-electron chi connectivity index (χ3n) is 2.51. The first-order valence-corrected chi connectivity index (χ1v) is 5.78. The van der Waals surface area contributed by atoms with Crippen molar-refractivity contribution in [1.29, 1.82) is 0 Å². The minimum Gasteiger partial charge on any atom is -0.239 e. The molecule has 0 radical (unpaired) electrons. The highest BCUT2D eigenvalue weighted by Crippen LogP contribution is 2.24. The molecule has 2 aromatic rings. The van der Waals surface area contributed by atoms with E-state index in [4.69, 9.17) is 11.6 Å². The predicted molar refractivity (Wildman–Crippen MR) is 67.4 cm³/mol. The fourth-order valence-electron chi connectivity index (χ4n) is 1.66. The molecule has 1 aromatic heterocycles. The van der Waals surface area contributed by atoms with Crippen molar-refractivity contribution in [2.24, 2.45) is 0 Å². The molecule has 3 heteroatoms. The summed E-state index contributed by atoms with van der Waals surface area (Å²) < 4.78 is 1.84. The lowest BCUT2D eigenvalue weighted by atomic mass is 10.1. The lowest BCUT2D eigenvalue weighted by molar-refractivity contribution is 0.768. The van der Waals surface area contributed by atoms with Crippen molar-refractivity contribution < 1.29 is 0 Å². The maximum atomic E-state index is 6.15. The first-order valence-electron chi connectivity index (χ1n) is 5.40. The summed E-state index contributed by atoms with van der Waals surface area (Å²) in [4.78, 5) is 0. The van der Waals surface area contributed by atoms with Crippen molar-refractivity contribution in [1.82, 2.24) is 9.78 Å². The molecule has 0 saturated carbocycles. The molecule has 0 fully saturated rings. The molecule has 2 nitrogen and oxygen atoms in total. The average molecular weight is 235 g/mol. The summed E-state index contributed by atoms with van der Waals surface area (Å²) in [5.41, 5.74) is 3.21. The summed E-state index contributed by atoms with van der Waals surface area (Å²) in [6.07, 6.45) is 1.87. The molecule has 1 heterocycles. The average Bonchev–Trinajstić information content (AvgIpc) is 2.60. The molecule has 0 aliphatic rings. The molecular formula is C13H15ClN2. The van der Waals surface area contributed by atoms with E-state index < -0.39 is 0 Å². The van der Waals surface area contributed by atoms with Crippen molar-refractivity contribution in [2.45, 2.75) is 26.7 Å². The normalized spacial score (nSPS) is 11.1. The number of aryl methyl sites for hydroxylation is 1. The molecule has 0 amide bonds. The van der Waals surface area contributed by atoms with Crippen molar-refractivity contribution in [3.05, 3.63) is 46.7 Å². The van der Waals surface area contributed by atoms with E-state index in [0.29, 0.717) is 5.92 Å². The van der Waals surface area contributed by atoms with Crippen LogP contribution in [0.25, 0.3) is 5.69 Å². The second kappa shape index (κ2) is 4.30. The molecule has 0 spiro atoms. The SMILES string of the molecule is Cc1cccc(-n2cc(Cl)c(C(C)C)n2)c1. The third-order valence-corrected chi connectivity index (χ3v) is 2.80. The molecule has 1 aromatic carbocycles. The maximum Gasteiger partial charge on any atom is 0.0840 e. The predicted octanol–water partition coefficient (Wildman–Crippen LogP) is 3.96. The van der Waals surface area contributed by atoms with Gasteiger partial charge < -0.3 is 0 Å². The van der Waals surface area contributed by atoms with Crippen LogP contribution in [0.5, 0.6) is 0 Å². The second-order valence-electron chi connectivity index (χ2n) is 4.30. The van der Waals surface area contributed by atoms with Gasteiger partial charge >= 0.3 is 0 Å². The fourth-order valence-corrected chi connectivity index (χ4v) is 2.01. The first kappa shape index (κ1) is 11.2. The Bertz CT molecular complexity index is 500. The van der Waals surface area contributed by atoms with Gasteiger partial charge in [-0.25, -0.2) is 4.68 Å². The van der Waals surface area contributed by atoms with Gasteiger partial charge in [0.25, 0.3) is 0 Å². The highest BCUT2D eigenvalue weighted by Gasteiger charge is 2.11. The van der Waals surface area contributed by atoms with Gasteiger partial charge in [-0.05, 0) is 30.5 Å². The Kier molecular flexibility index (Phi) is 3.01. The van der Waals surface area contributed by atoms with Crippen molar-refractivity contribution in [3.8, 4) is 5.69 Å². The molecule has 2 rings (SSSR count). The lowest BCUT2D eigenvalue weighted by Crippen LogP contribution is -1.97. The van der Waals surface area contributed by atoms with Crippen molar-refractivity contribution in [2.75, 3.05) is 0 Å². The highest BCUT2D eigenvalue weighted by molar-refractivity contribution is 6.31. The van der Waals surface area contributed by atoms with E-state index in [2.05, 4.69) is 38.0 Å². The summed E-state index contributed by atoms with van der Waals surface area (Å²) in [5, 5.41) is 5.24. The van der Waals surface area contributed by atoms with Crippen LogP contribution in [0.15, 0.2) is 30.5 Å². The van der Waals surface area contributed by atoms with Crippen LogP contribution in [0.2, 0.25) is 5.02 Å². The molecule has 16 heavy (non-hydrogen) atoms. The highest BCUT2D eigenvalue weighted by atomic mass is 35.5. The zero-order valence-electron chi connectivity index (χ0n) is 9.74. The van der Waals surface area contributed by atoms with E-state index in [1.807, 2.05) is 23.0 Å². The second-order valence-corrected chi connectivity index (χ2v) is 4.71. The fraction of sp³-hybridized carbons (Fsp3) is 0.308. The minimum absolute atomic E-state index is 0.346. The summed E-state index contributed by atoms with van der Waals surface area (Å²) >= 11 is 6.15. The Morgan fingerprint density at radius 3 is 2.62 bits per heavy atom. The van der Waals surface area contributed by atoms with E-state index in [-0.39, 0.29) is 0 Å². The van der Waals surface area contributed by atoms with E-state index in [1.54, 1.807) is 0 Å². The Hall–Kier alpha value is -1.28. The number of hydrogen-bond acceptors (Lipinski definition) is 1. The van der Waals surface area contributed by atoms with Gasteiger partial charge in [0, 0.05) is 6.20 Å². The van der Waals surface area contributed by atoms with Crippen LogP contribution < -0.4 is 0 Å². The smallest absolute Gasteiger partial charge is 0.0840 e. The molecule has 0 atom stereocenters. The number of halogens is 1. The van der Waals surface area contributed by atoms with Crippen LogP contribution >= 0.6 is 11.6 Å². The standard InChI is InChI=1S/C13H15ClN2/c1-9(2)13-12(14)8-16(15-13)11-6-4-5-10(3)7-11/h4-9H,1-3H3. The first-order chi connectivity index (χ1) is 7.58. The number of hydrogen-bond donors (Lipinski definition) is 0. The zero-order valence-corrected chi connectivity index (χ0v) is 10.5. The van der Waals surface area contributed by atoms with Crippen LogP contribution in [0.4, 0.5) is 0 Å². The topological polar surface area (TPSA) is 17.8 Å². The van der Waals surface area contributed by atoms with Gasteiger partial charge in [-0.3, -0.25) is 0 Å². The summed E-state index contributed by atoms with van der Waals surface area (Å²) in [5.74, 6) is 0.346. The van der Waals surface area contributed by atoms with Crippen LogP contribution in [0.1, 0.15) is 31.0 Å². The molecule has 0 aliphatic carbocycles. The summed E-state index contributed by atoms with van der Waals surface area (Å²) in [6, 6.07) is 8.21. The monoisotopic (exact) mass is 234 g/mol. The van der Waals surface area contributed by atoms with Gasteiger partial charge in [-0.2, -0.15) is 5.10 Å². The van der Waals surface area contributed by atoms with E-state index in [9.17, 15) is 0 Å². The molecular weight excluding hydrogens is 220 g/mol. The Morgan fingerprint density at radius 1 is 1.31 bits per heavy atom. The van der Waals surface area contributed by atoms with Crippen molar-refractivity contribution in [3.63, 3.8) is 0 Å². The molecule has 0 unspecified atom stereocenters. The Labute approximate surface area is 101 Å². The number of nitrogens with zero attached hydrogens (tertiary/aromatic N) is 2. The van der Waals surface area contributed by atoms with Gasteiger partial charge in [-0.15, -0.1) is 0 Å². The number of aromatic nitrogens is 2. The Morgan fingerprint density at radius 2 is 2.06 bits per heavy atom. The quantitative estimate of drug-likeness (QED) is 0.769. The van der Waals surface area contributed by atoms with Crippen LogP contribution in [0, 0.1) is 6.92 Å². The van der Waals surface area contributed by atoms with Crippen LogP contribution in [0.3, 0.4) is 0 Å². The van der Waals surface area contributed by atoms with E-state index >= 15 is 0 Å². The zero-order chi connectivity index (χ0) is 11.7. The van der Waals surface area contributed by atoms with Crippen molar-refractivity contribution >= 4 is 11.6 Å². The largest absolute Gasteiger partial charge is 0.239 e. The summed E-state index contributed by atoms with van der Waals surface area (Å²) in [6.45, 7) is 6.25. The number of rotatable bonds is 2. The minimum atomic E-state index is 0.346. The number of benzene rings is 1. The summed E-state index contributed by atoms with van der Waals surface area (Å²) in [7, 11) is 0. The lowest BCUT2D eigenvalue weighted by Gasteiger charge is -2.02. The Balaban J connectivity index is 2.45. The van der Waals surface area contributed by atoms with Gasteiger partial charge in [0.1, 0.15) is 0 Å². The van der Waals surface area contributed by atoms with Crippen LogP contribution in [-0.4, -0.2) is 9.78 Å². The molecule has 0 N–H and O–H groups in total. The van der Waals surface area contributed by atoms with Gasteiger partial charge in [0.15, 0.2) is 0 Å².